The second kappa shape index (κ2) is 12.1. The number of carbonyl (C=O) groups excluding carboxylic acids is 4. The van der Waals surface area contributed by atoms with Crippen LogP contribution in [0.3, 0.4) is 0 Å². The minimum Gasteiger partial charge on any atom is -0.344 e. The lowest BCUT2D eigenvalue weighted by atomic mass is 10.0. The molecule has 2 aliphatic carbocycles. The third-order valence-electron chi connectivity index (χ3n) is 8.45. The molecule has 4 aliphatic rings. The van der Waals surface area contributed by atoms with Gasteiger partial charge in [0.15, 0.2) is 0 Å². The van der Waals surface area contributed by atoms with Crippen LogP contribution in [-0.4, -0.2) is 66.4 Å². The van der Waals surface area contributed by atoms with Crippen molar-refractivity contribution in [2.45, 2.75) is 93.5 Å². The number of nitrogens with zero attached hydrogens (tertiary/aromatic N) is 1. The normalized spacial score (nSPS) is 29.7. The van der Waals surface area contributed by atoms with E-state index in [0.29, 0.717) is 50.1 Å². The maximum Gasteiger partial charge on any atom is 0.259 e. The molecule has 2 saturated carbocycles. The van der Waals surface area contributed by atoms with Gasteiger partial charge >= 0.3 is 0 Å². The van der Waals surface area contributed by atoms with Crippen molar-refractivity contribution in [1.82, 2.24) is 20.3 Å². The summed E-state index contributed by atoms with van der Waals surface area (Å²) in [5.41, 5.74) is -0.591. The van der Waals surface area contributed by atoms with Gasteiger partial charge < -0.3 is 15.5 Å². The molecule has 4 atom stereocenters. The van der Waals surface area contributed by atoms with Gasteiger partial charge in [-0.1, -0.05) is 48.7 Å². The van der Waals surface area contributed by atoms with Crippen LogP contribution >= 0.6 is 11.6 Å². The number of benzene rings is 1. The zero-order valence-corrected chi connectivity index (χ0v) is 24.5. The molecule has 0 bridgehead atoms. The van der Waals surface area contributed by atoms with E-state index in [9.17, 15) is 27.6 Å². The Bertz CT molecular complexity index is 1330. The van der Waals surface area contributed by atoms with E-state index in [1.165, 1.54) is 4.90 Å². The van der Waals surface area contributed by atoms with Gasteiger partial charge in [-0.3, -0.25) is 23.9 Å². The Hall–Kier alpha value is -2.92. The van der Waals surface area contributed by atoms with E-state index in [-0.39, 0.29) is 24.2 Å². The van der Waals surface area contributed by atoms with Crippen molar-refractivity contribution < 1.29 is 27.6 Å². The molecule has 1 aromatic carbocycles. The number of hydrogen-bond acceptors (Lipinski definition) is 6. The van der Waals surface area contributed by atoms with Crippen LogP contribution in [0.2, 0.25) is 5.02 Å². The number of sulfonamides is 1. The van der Waals surface area contributed by atoms with Crippen molar-refractivity contribution in [1.29, 1.82) is 0 Å². The number of hydrogen-bond donors (Lipinski definition) is 3. The minimum absolute atomic E-state index is 0.0957. The molecule has 222 valence electrons. The molecule has 1 aromatic rings. The van der Waals surface area contributed by atoms with Crippen molar-refractivity contribution in [3.8, 4) is 0 Å². The van der Waals surface area contributed by atoms with Gasteiger partial charge in [0.25, 0.3) is 5.91 Å². The highest BCUT2D eigenvalue weighted by Gasteiger charge is 2.61. The molecular weight excluding hydrogens is 568 g/mol. The van der Waals surface area contributed by atoms with Crippen LogP contribution in [0, 0.1) is 5.92 Å². The van der Waals surface area contributed by atoms with Crippen molar-refractivity contribution in [3.63, 3.8) is 0 Å². The zero-order chi connectivity index (χ0) is 29.2. The molecule has 3 fully saturated rings. The third kappa shape index (κ3) is 6.94. The Labute approximate surface area is 245 Å². The minimum atomic E-state index is -3.79. The second-order valence-electron chi connectivity index (χ2n) is 11.6. The monoisotopic (exact) mass is 604 g/mol. The average Bonchev–Trinajstić information content (AvgIpc) is 3.84. The Morgan fingerprint density at radius 1 is 1.02 bits per heavy atom. The van der Waals surface area contributed by atoms with Gasteiger partial charge in [-0.05, 0) is 69.1 Å². The summed E-state index contributed by atoms with van der Waals surface area (Å²) in [6.45, 7) is 0.360. The van der Waals surface area contributed by atoms with E-state index in [4.69, 9.17) is 11.6 Å². The fourth-order valence-electron chi connectivity index (χ4n) is 5.81. The van der Waals surface area contributed by atoms with Gasteiger partial charge in [-0.15, -0.1) is 0 Å². The lowest BCUT2D eigenvalue weighted by Gasteiger charge is -2.30. The Kier molecular flexibility index (Phi) is 8.75. The highest BCUT2D eigenvalue weighted by Crippen LogP contribution is 2.46. The maximum atomic E-state index is 13.8. The molecule has 0 spiro atoms. The lowest BCUT2D eigenvalue weighted by molar-refractivity contribution is -0.142. The predicted octanol–water partition coefficient (Wildman–Crippen LogP) is 2.36. The van der Waals surface area contributed by atoms with Crippen LogP contribution in [-0.2, 0) is 35.6 Å². The molecular formula is C29H37ClN4O6S. The van der Waals surface area contributed by atoms with E-state index in [2.05, 4.69) is 15.4 Å². The summed E-state index contributed by atoms with van der Waals surface area (Å²) in [6, 6.07) is 5.36. The lowest BCUT2D eigenvalue weighted by Crippen LogP contribution is -2.58. The molecule has 1 saturated heterocycles. The number of nitrogens with one attached hydrogen (secondary N) is 3. The van der Waals surface area contributed by atoms with E-state index in [1.54, 1.807) is 24.3 Å². The zero-order valence-electron chi connectivity index (χ0n) is 22.9. The molecule has 3 N–H and O–H groups in total. The fourth-order valence-corrected chi connectivity index (χ4v) is 7.30. The van der Waals surface area contributed by atoms with Crippen molar-refractivity contribution in [2.24, 2.45) is 5.92 Å². The summed E-state index contributed by atoms with van der Waals surface area (Å²) in [4.78, 5) is 55.0. The Morgan fingerprint density at radius 3 is 2.51 bits per heavy atom. The Morgan fingerprint density at radius 2 is 1.78 bits per heavy atom. The molecule has 41 heavy (non-hydrogen) atoms. The summed E-state index contributed by atoms with van der Waals surface area (Å²) < 4.78 is 27.2. The molecule has 0 unspecified atom stereocenters. The first kappa shape index (κ1) is 29.6. The SMILES string of the molecule is O=C(Cc1ccc(Cl)cc1)N[C@H]1CCCCC/C=C\[C@@H]2C[C@@]2(C(=O)NS(=O)(=O)C2CC2)NC(=O)[C@@H]2CCCN2C1=O. The average molecular weight is 605 g/mol. The van der Waals surface area contributed by atoms with Gasteiger partial charge in [-0.25, -0.2) is 8.42 Å². The van der Waals surface area contributed by atoms with Gasteiger partial charge in [0.1, 0.15) is 17.6 Å². The van der Waals surface area contributed by atoms with Crippen LogP contribution in [0.1, 0.15) is 69.8 Å². The van der Waals surface area contributed by atoms with Crippen LogP contribution in [0.5, 0.6) is 0 Å². The summed E-state index contributed by atoms with van der Waals surface area (Å²) in [5.74, 6) is -2.13. The van der Waals surface area contributed by atoms with Crippen molar-refractivity contribution in [2.75, 3.05) is 6.54 Å². The first-order valence-electron chi connectivity index (χ1n) is 14.5. The largest absolute Gasteiger partial charge is 0.344 e. The molecule has 2 heterocycles. The van der Waals surface area contributed by atoms with Crippen molar-refractivity contribution in [3.05, 3.63) is 47.0 Å². The third-order valence-corrected chi connectivity index (χ3v) is 10.5. The highest BCUT2D eigenvalue weighted by molar-refractivity contribution is 7.91. The van der Waals surface area contributed by atoms with E-state index >= 15 is 0 Å². The van der Waals surface area contributed by atoms with Crippen LogP contribution < -0.4 is 15.4 Å². The van der Waals surface area contributed by atoms with Crippen LogP contribution in [0.4, 0.5) is 0 Å². The molecule has 0 aromatic heterocycles. The number of fused-ring (bicyclic) bond motifs is 2. The van der Waals surface area contributed by atoms with Gasteiger partial charge in [-0.2, -0.15) is 0 Å². The van der Waals surface area contributed by atoms with Crippen LogP contribution in [0.15, 0.2) is 36.4 Å². The number of allylic oxidation sites excluding steroid dienone is 1. The topological polar surface area (TPSA) is 142 Å². The first-order valence-corrected chi connectivity index (χ1v) is 16.4. The molecule has 10 nitrogen and oxygen atoms in total. The smallest absolute Gasteiger partial charge is 0.259 e. The fraction of sp³-hybridized carbons (Fsp3) is 0.586. The number of halogens is 1. The number of rotatable bonds is 6. The molecule has 0 radical (unpaired) electrons. The van der Waals surface area contributed by atoms with Crippen LogP contribution in [0.25, 0.3) is 0 Å². The summed E-state index contributed by atoms with van der Waals surface area (Å²) in [7, 11) is -3.79. The summed E-state index contributed by atoms with van der Waals surface area (Å²) >= 11 is 5.95. The van der Waals surface area contributed by atoms with E-state index < -0.39 is 44.7 Å². The van der Waals surface area contributed by atoms with Gasteiger partial charge in [0, 0.05) is 17.5 Å². The second-order valence-corrected chi connectivity index (χ2v) is 14.0. The van der Waals surface area contributed by atoms with E-state index in [0.717, 1.165) is 31.2 Å². The molecule has 12 heteroatoms. The maximum absolute atomic E-state index is 13.8. The first-order chi connectivity index (χ1) is 19.6. The number of carbonyl (C=O) groups is 4. The molecule has 5 rings (SSSR count). The molecule has 2 aliphatic heterocycles. The standard InChI is InChI=1S/C29H37ClN4O6S/c30-21-12-10-19(11-13-21)17-25(35)31-23-8-5-3-1-2-4-7-20-18-29(20,28(38)33-41(39,40)22-14-15-22)32-26(36)24-9-6-16-34(24)27(23)37/h4,7,10-13,20,22-24H,1-3,5-6,8-9,14-18H2,(H,31,35)(H,32,36)(H,33,38)/b7-4-/t20-,23+,24+,29-/m1/s1. The van der Waals surface area contributed by atoms with Crippen molar-refractivity contribution >= 4 is 45.3 Å². The summed E-state index contributed by atoms with van der Waals surface area (Å²) in [6.07, 6.45) is 9.94. The van der Waals surface area contributed by atoms with Gasteiger partial charge in [0.05, 0.1) is 11.7 Å². The summed E-state index contributed by atoms with van der Waals surface area (Å²) in [5, 5.41) is 5.75. The predicted molar refractivity (Wildman–Crippen MR) is 153 cm³/mol. The van der Waals surface area contributed by atoms with Gasteiger partial charge in [0.2, 0.25) is 27.7 Å². The number of amides is 4. The van der Waals surface area contributed by atoms with E-state index in [1.807, 2.05) is 12.2 Å². The highest BCUT2D eigenvalue weighted by atomic mass is 35.5. The Balaban J connectivity index is 1.32. The quantitative estimate of drug-likeness (QED) is 0.426. The molecule has 4 amide bonds.